The molecular formula is C23H22N6O2. The number of nitrogens with zero attached hydrogens (tertiary/aromatic N) is 5. The Morgan fingerprint density at radius 1 is 1.13 bits per heavy atom. The first-order valence-electron chi connectivity index (χ1n) is 10.3. The summed E-state index contributed by atoms with van der Waals surface area (Å²) in [5.41, 5.74) is 3.51. The predicted octanol–water partition coefficient (Wildman–Crippen LogP) is 3.58. The number of benzene rings is 2. The number of aromatic nitrogens is 4. The van der Waals surface area contributed by atoms with E-state index in [-0.39, 0.29) is 24.3 Å². The molecule has 8 nitrogen and oxygen atoms in total. The average molecular weight is 414 g/mol. The maximum atomic E-state index is 12.9. The van der Waals surface area contributed by atoms with Crippen LogP contribution in [0.2, 0.25) is 0 Å². The SMILES string of the molecule is CC(=O)N1C=Cc2ccccc2C1CC(=O)Nc1cccc(-c2nnnn2C2CC2)c1. The smallest absolute Gasteiger partial charge is 0.226 e. The Labute approximate surface area is 179 Å². The highest BCUT2D eigenvalue weighted by atomic mass is 16.2. The van der Waals surface area contributed by atoms with Crippen LogP contribution in [0, 0.1) is 0 Å². The number of rotatable bonds is 5. The molecule has 1 aliphatic heterocycles. The summed E-state index contributed by atoms with van der Waals surface area (Å²) in [5, 5.41) is 15.0. The van der Waals surface area contributed by atoms with Crippen LogP contribution in [0.1, 0.15) is 49.4 Å². The van der Waals surface area contributed by atoms with Crippen molar-refractivity contribution >= 4 is 23.6 Å². The Kier molecular flexibility index (Phi) is 4.82. The Hall–Kier alpha value is -3.81. The standard InChI is InChI=1S/C23H22N6O2/c1-15(30)28-12-11-16-5-2-3-8-20(16)21(28)14-22(31)24-18-7-4-6-17(13-18)23-25-26-27-29(23)19-9-10-19/h2-8,11-13,19,21H,9-10,14H2,1H3,(H,24,31). The molecule has 2 aromatic carbocycles. The molecule has 1 saturated carbocycles. The van der Waals surface area contributed by atoms with Gasteiger partial charge in [0.2, 0.25) is 11.8 Å². The number of tetrazole rings is 1. The second-order valence-electron chi connectivity index (χ2n) is 7.90. The van der Waals surface area contributed by atoms with Crippen molar-refractivity contribution in [2.45, 2.75) is 38.3 Å². The summed E-state index contributed by atoms with van der Waals surface area (Å²) in [6, 6.07) is 15.4. The number of hydrogen-bond acceptors (Lipinski definition) is 5. The van der Waals surface area contributed by atoms with E-state index >= 15 is 0 Å². The minimum atomic E-state index is -0.343. The zero-order chi connectivity index (χ0) is 21.4. The molecule has 1 aromatic heterocycles. The molecule has 2 aliphatic rings. The molecule has 156 valence electrons. The second-order valence-corrected chi connectivity index (χ2v) is 7.90. The molecule has 1 N–H and O–H groups in total. The van der Waals surface area contributed by atoms with Crippen molar-refractivity contribution in [3.05, 3.63) is 65.9 Å². The number of carbonyl (C=O) groups is 2. The van der Waals surface area contributed by atoms with Gasteiger partial charge in [-0.15, -0.1) is 5.10 Å². The summed E-state index contributed by atoms with van der Waals surface area (Å²) < 4.78 is 1.84. The van der Waals surface area contributed by atoms with E-state index < -0.39 is 0 Å². The summed E-state index contributed by atoms with van der Waals surface area (Å²) in [6.45, 7) is 1.51. The van der Waals surface area contributed by atoms with Crippen molar-refractivity contribution in [3.63, 3.8) is 0 Å². The van der Waals surface area contributed by atoms with Gasteiger partial charge in [0, 0.05) is 24.4 Å². The minimum Gasteiger partial charge on any atom is -0.326 e. The van der Waals surface area contributed by atoms with E-state index in [4.69, 9.17) is 0 Å². The van der Waals surface area contributed by atoms with E-state index in [1.54, 1.807) is 11.1 Å². The molecule has 1 fully saturated rings. The first kappa shape index (κ1) is 19.2. The van der Waals surface area contributed by atoms with Gasteiger partial charge >= 0.3 is 0 Å². The first-order valence-corrected chi connectivity index (χ1v) is 10.3. The molecule has 1 atom stereocenters. The average Bonchev–Trinajstić information content (AvgIpc) is 3.50. The molecule has 0 saturated heterocycles. The van der Waals surface area contributed by atoms with Crippen LogP contribution in [-0.4, -0.2) is 36.9 Å². The topological polar surface area (TPSA) is 93.0 Å². The fourth-order valence-electron chi connectivity index (χ4n) is 3.99. The third-order valence-electron chi connectivity index (χ3n) is 5.64. The van der Waals surface area contributed by atoms with Crippen LogP contribution in [0.25, 0.3) is 17.5 Å². The predicted molar refractivity (Wildman–Crippen MR) is 116 cm³/mol. The number of amides is 2. The van der Waals surface area contributed by atoms with Gasteiger partial charge in [0.05, 0.1) is 18.5 Å². The summed E-state index contributed by atoms with van der Waals surface area (Å²) in [5.74, 6) is 0.436. The third kappa shape index (κ3) is 3.84. The number of hydrogen-bond donors (Lipinski definition) is 1. The largest absolute Gasteiger partial charge is 0.326 e. The lowest BCUT2D eigenvalue weighted by Gasteiger charge is -2.32. The molecule has 0 bridgehead atoms. The van der Waals surface area contributed by atoms with Gasteiger partial charge in [-0.1, -0.05) is 36.4 Å². The van der Waals surface area contributed by atoms with E-state index in [1.165, 1.54) is 6.92 Å². The maximum Gasteiger partial charge on any atom is 0.226 e. The lowest BCUT2D eigenvalue weighted by molar-refractivity contribution is -0.129. The molecular weight excluding hydrogens is 392 g/mol. The van der Waals surface area contributed by atoms with E-state index in [0.717, 1.165) is 29.5 Å². The van der Waals surface area contributed by atoms with E-state index in [1.807, 2.05) is 59.3 Å². The monoisotopic (exact) mass is 414 g/mol. The van der Waals surface area contributed by atoms with E-state index in [0.29, 0.717) is 17.6 Å². The molecule has 8 heteroatoms. The second kappa shape index (κ2) is 7.79. The third-order valence-corrected chi connectivity index (χ3v) is 5.64. The minimum absolute atomic E-state index is 0.0996. The number of anilines is 1. The molecule has 2 amide bonds. The molecule has 5 rings (SSSR count). The molecule has 3 aromatic rings. The maximum absolute atomic E-state index is 12.9. The summed E-state index contributed by atoms with van der Waals surface area (Å²) in [6.07, 6.45) is 5.97. The van der Waals surface area contributed by atoms with Crippen molar-refractivity contribution < 1.29 is 9.59 Å². The van der Waals surface area contributed by atoms with E-state index in [2.05, 4.69) is 20.8 Å². The molecule has 31 heavy (non-hydrogen) atoms. The number of carbonyl (C=O) groups excluding carboxylic acids is 2. The van der Waals surface area contributed by atoms with Crippen LogP contribution in [0.5, 0.6) is 0 Å². The van der Waals surface area contributed by atoms with Crippen LogP contribution < -0.4 is 5.32 Å². The number of fused-ring (bicyclic) bond motifs is 1. The zero-order valence-electron chi connectivity index (χ0n) is 17.1. The van der Waals surface area contributed by atoms with Crippen molar-refractivity contribution in [2.75, 3.05) is 5.32 Å². The number of nitrogens with one attached hydrogen (secondary N) is 1. The fraction of sp³-hybridized carbons (Fsp3) is 0.261. The van der Waals surface area contributed by atoms with Crippen LogP contribution in [0.15, 0.2) is 54.7 Å². The lowest BCUT2D eigenvalue weighted by Crippen LogP contribution is -2.33. The van der Waals surface area contributed by atoms with Crippen molar-refractivity contribution in [2.24, 2.45) is 0 Å². The molecule has 1 aliphatic carbocycles. The zero-order valence-corrected chi connectivity index (χ0v) is 17.1. The van der Waals surface area contributed by atoms with Crippen molar-refractivity contribution in [1.82, 2.24) is 25.1 Å². The summed E-state index contributed by atoms with van der Waals surface area (Å²) in [7, 11) is 0. The van der Waals surface area contributed by atoms with Gasteiger partial charge in [-0.3, -0.25) is 9.59 Å². The van der Waals surface area contributed by atoms with Crippen LogP contribution in [-0.2, 0) is 9.59 Å². The first-order chi connectivity index (χ1) is 15.1. The molecule has 1 unspecified atom stereocenters. The van der Waals surface area contributed by atoms with Crippen LogP contribution in [0.3, 0.4) is 0 Å². The highest BCUT2D eigenvalue weighted by Crippen LogP contribution is 2.37. The van der Waals surface area contributed by atoms with Gasteiger partial charge in [0.1, 0.15) is 0 Å². The van der Waals surface area contributed by atoms with Gasteiger partial charge < -0.3 is 10.2 Å². The Morgan fingerprint density at radius 3 is 2.77 bits per heavy atom. The fourth-order valence-corrected chi connectivity index (χ4v) is 3.99. The molecule has 2 heterocycles. The Balaban J connectivity index is 1.35. The quantitative estimate of drug-likeness (QED) is 0.689. The van der Waals surface area contributed by atoms with Crippen molar-refractivity contribution in [3.8, 4) is 11.4 Å². The van der Waals surface area contributed by atoms with Gasteiger partial charge in [0.25, 0.3) is 0 Å². The Bertz CT molecular complexity index is 1180. The van der Waals surface area contributed by atoms with Crippen LogP contribution in [0.4, 0.5) is 5.69 Å². The molecule has 0 spiro atoms. The molecule has 0 radical (unpaired) electrons. The summed E-state index contributed by atoms with van der Waals surface area (Å²) >= 11 is 0. The van der Waals surface area contributed by atoms with Gasteiger partial charge in [-0.05, 0) is 52.6 Å². The normalized spacial score (nSPS) is 17.3. The van der Waals surface area contributed by atoms with Crippen molar-refractivity contribution in [1.29, 1.82) is 0 Å². The van der Waals surface area contributed by atoms with Gasteiger partial charge in [0.15, 0.2) is 5.82 Å². The summed E-state index contributed by atoms with van der Waals surface area (Å²) in [4.78, 5) is 26.7. The highest BCUT2D eigenvalue weighted by molar-refractivity contribution is 5.92. The highest BCUT2D eigenvalue weighted by Gasteiger charge is 2.29. The Morgan fingerprint density at radius 2 is 1.97 bits per heavy atom. The van der Waals surface area contributed by atoms with Gasteiger partial charge in [-0.25, -0.2) is 4.68 Å². The van der Waals surface area contributed by atoms with Crippen LogP contribution >= 0.6 is 0 Å². The lowest BCUT2D eigenvalue weighted by atomic mass is 9.93. The van der Waals surface area contributed by atoms with E-state index in [9.17, 15) is 9.59 Å². The van der Waals surface area contributed by atoms with Gasteiger partial charge in [-0.2, -0.15) is 0 Å².